The van der Waals surface area contributed by atoms with E-state index in [1.165, 1.54) is 29.2 Å². The molecule has 0 fully saturated rings. The van der Waals surface area contributed by atoms with Gasteiger partial charge in [0.25, 0.3) is 0 Å². The number of esters is 1. The third-order valence-corrected chi connectivity index (χ3v) is 3.88. The van der Waals surface area contributed by atoms with Crippen molar-refractivity contribution in [2.24, 2.45) is 0 Å². The molecular formula is C22H24N2O5. The fraction of sp³-hybridized carbons (Fsp3) is 0.318. The number of hydrogen-bond acceptors (Lipinski definition) is 6. The average Bonchev–Trinajstić information content (AvgIpc) is 2.67. The van der Waals surface area contributed by atoms with Crippen LogP contribution in [0.3, 0.4) is 0 Å². The van der Waals surface area contributed by atoms with Gasteiger partial charge in [-0.2, -0.15) is 5.26 Å². The minimum atomic E-state index is -0.921. The summed E-state index contributed by atoms with van der Waals surface area (Å²) < 4.78 is 10.6. The maximum absolute atomic E-state index is 12.2. The van der Waals surface area contributed by atoms with Crippen molar-refractivity contribution in [1.82, 2.24) is 4.90 Å². The standard InChI is InChI=1S/C22H24N2O5/c1-22(2,3)29-21(27)24(4)14-19(25)16-9-11-18(12-10-16)28-20(26)17-7-5-15(13-23)6-8-17/h5-12,19,25H,14H2,1-4H3. The smallest absolute Gasteiger partial charge is 0.410 e. The number of aliphatic hydroxyl groups excluding tert-OH is 1. The molecular weight excluding hydrogens is 372 g/mol. The van der Waals surface area contributed by atoms with E-state index < -0.39 is 23.8 Å². The Morgan fingerprint density at radius 3 is 2.21 bits per heavy atom. The number of benzene rings is 2. The number of nitrogens with zero attached hydrogens (tertiary/aromatic N) is 2. The summed E-state index contributed by atoms with van der Waals surface area (Å²) in [6.07, 6.45) is -1.44. The maximum Gasteiger partial charge on any atom is 0.410 e. The summed E-state index contributed by atoms with van der Waals surface area (Å²) in [6.45, 7) is 5.37. The van der Waals surface area contributed by atoms with Gasteiger partial charge in [-0.25, -0.2) is 9.59 Å². The van der Waals surface area contributed by atoms with Crippen molar-refractivity contribution in [2.45, 2.75) is 32.5 Å². The molecule has 0 saturated carbocycles. The molecule has 0 aromatic heterocycles. The largest absolute Gasteiger partial charge is 0.444 e. The Morgan fingerprint density at radius 1 is 1.10 bits per heavy atom. The van der Waals surface area contributed by atoms with Crippen LogP contribution in [0.15, 0.2) is 48.5 Å². The van der Waals surface area contributed by atoms with Crippen LogP contribution in [-0.4, -0.2) is 41.3 Å². The van der Waals surface area contributed by atoms with Crippen molar-refractivity contribution in [1.29, 1.82) is 5.26 Å². The van der Waals surface area contributed by atoms with Gasteiger partial charge in [-0.15, -0.1) is 0 Å². The van der Waals surface area contributed by atoms with Crippen LogP contribution in [0.25, 0.3) is 0 Å². The Balaban J connectivity index is 1.95. The van der Waals surface area contributed by atoms with Gasteiger partial charge in [0.15, 0.2) is 0 Å². The molecule has 29 heavy (non-hydrogen) atoms. The first-order valence-electron chi connectivity index (χ1n) is 9.03. The molecule has 1 atom stereocenters. The van der Waals surface area contributed by atoms with Crippen molar-refractivity contribution in [2.75, 3.05) is 13.6 Å². The number of rotatable bonds is 5. The third-order valence-electron chi connectivity index (χ3n) is 3.88. The molecule has 0 saturated heterocycles. The van der Waals surface area contributed by atoms with Crippen LogP contribution >= 0.6 is 0 Å². The van der Waals surface area contributed by atoms with Gasteiger partial charge in [0.1, 0.15) is 11.4 Å². The predicted molar refractivity (Wildman–Crippen MR) is 106 cm³/mol. The highest BCUT2D eigenvalue weighted by atomic mass is 16.6. The van der Waals surface area contributed by atoms with E-state index in [2.05, 4.69) is 0 Å². The summed E-state index contributed by atoms with van der Waals surface area (Å²) in [6, 6.07) is 14.5. The number of carbonyl (C=O) groups excluding carboxylic acids is 2. The molecule has 0 heterocycles. The molecule has 0 aliphatic rings. The van der Waals surface area contributed by atoms with E-state index in [4.69, 9.17) is 14.7 Å². The highest BCUT2D eigenvalue weighted by Crippen LogP contribution is 2.20. The molecule has 0 aliphatic carbocycles. The van der Waals surface area contributed by atoms with Crippen molar-refractivity contribution in [3.8, 4) is 11.8 Å². The van der Waals surface area contributed by atoms with Crippen LogP contribution in [-0.2, 0) is 4.74 Å². The summed E-state index contributed by atoms with van der Waals surface area (Å²) >= 11 is 0. The van der Waals surface area contributed by atoms with Crippen molar-refractivity contribution in [3.63, 3.8) is 0 Å². The van der Waals surface area contributed by atoms with E-state index in [9.17, 15) is 14.7 Å². The van der Waals surface area contributed by atoms with Gasteiger partial charge in [0.2, 0.25) is 0 Å². The van der Waals surface area contributed by atoms with Gasteiger partial charge in [-0.3, -0.25) is 0 Å². The first-order valence-corrected chi connectivity index (χ1v) is 9.03. The average molecular weight is 396 g/mol. The van der Waals surface area contributed by atoms with E-state index in [0.717, 1.165) is 0 Å². The van der Waals surface area contributed by atoms with Crippen molar-refractivity contribution < 1.29 is 24.2 Å². The van der Waals surface area contributed by atoms with E-state index >= 15 is 0 Å². The molecule has 0 radical (unpaired) electrons. The van der Waals surface area contributed by atoms with Crippen LogP contribution in [0.5, 0.6) is 5.75 Å². The third kappa shape index (κ3) is 6.63. The van der Waals surface area contributed by atoms with E-state index in [-0.39, 0.29) is 6.54 Å². The van der Waals surface area contributed by atoms with Gasteiger partial charge >= 0.3 is 12.1 Å². The van der Waals surface area contributed by atoms with Gasteiger partial charge in [0.05, 0.1) is 29.8 Å². The van der Waals surface area contributed by atoms with Crippen LogP contribution in [0.4, 0.5) is 4.79 Å². The van der Waals surface area contributed by atoms with Gasteiger partial charge in [0, 0.05) is 7.05 Å². The van der Waals surface area contributed by atoms with Crippen LogP contribution in [0, 0.1) is 11.3 Å². The molecule has 2 aromatic rings. The maximum atomic E-state index is 12.2. The monoisotopic (exact) mass is 396 g/mol. The predicted octanol–water partition coefficient (Wildman–Crippen LogP) is 3.68. The summed E-state index contributed by atoms with van der Waals surface area (Å²) in [5.41, 5.74) is 0.735. The second kappa shape index (κ2) is 9.22. The van der Waals surface area contributed by atoms with Crippen molar-refractivity contribution >= 4 is 12.1 Å². The Morgan fingerprint density at radius 2 is 1.69 bits per heavy atom. The number of amides is 1. The lowest BCUT2D eigenvalue weighted by molar-refractivity contribution is 0.0205. The summed E-state index contributed by atoms with van der Waals surface area (Å²) in [5.74, 6) is -0.233. The van der Waals surface area contributed by atoms with Crippen LogP contribution < -0.4 is 4.74 Å². The second-order valence-corrected chi connectivity index (χ2v) is 7.52. The zero-order valence-corrected chi connectivity index (χ0v) is 16.9. The molecule has 0 bridgehead atoms. The molecule has 0 aliphatic heterocycles. The molecule has 1 N–H and O–H groups in total. The lowest BCUT2D eigenvalue weighted by Crippen LogP contribution is -2.36. The van der Waals surface area contributed by atoms with Crippen LogP contribution in [0.1, 0.15) is 48.4 Å². The number of hydrogen-bond donors (Lipinski definition) is 1. The zero-order chi connectivity index (χ0) is 21.6. The number of likely N-dealkylation sites (N-methyl/N-ethyl adjacent to an activating group) is 1. The lowest BCUT2D eigenvalue weighted by Gasteiger charge is -2.26. The van der Waals surface area contributed by atoms with E-state index in [1.54, 1.807) is 52.1 Å². The molecule has 2 rings (SSSR count). The van der Waals surface area contributed by atoms with E-state index in [1.807, 2.05) is 6.07 Å². The minimum Gasteiger partial charge on any atom is -0.444 e. The molecule has 2 aromatic carbocycles. The molecule has 152 valence electrons. The lowest BCUT2D eigenvalue weighted by atomic mass is 10.1. The summed E-state index contributed by atoms with van der Waals surface area (Å²) in [4.78, 5) is 25.4. The van der Waals surface area contributed by atoms with Crippen LogP contribution in [0.2, 0.25) is 0 Å². The Labute approximate surface area is 170 Å². The number of ether oxygens (including phenoxy) is 2. The molecule has 1 unspecified atom stereocenters. The first kappa shape index (κ1) is 21.9. The number of carbonyl (C=O) groups is 2. The summed E-state index contributed by atoms with van der Waals surface area (Å²) in [5, 5.41) is 19.1. The molecule has 1 amide bonds. The molecule has 7 nitrogen and oxygen atoms in total. The van der Waals surface area contributed by atoms with Crippen molar-refractivity contribution in [3.05, 3.63) is 65.2 Å². The Kier molecular flexibility index (Phi) is 6.97. The molecule has 0 spiro atoms. The highest BCUT2D eigenvalue weighted by molar-refractivity contribution is 5.91. The fourth-order valence-electron chi connectivity index (χ4n) is 2.38. The Bertz CT molecular complexity index is 893. The normalized spacial score (nSPS) is 11.9. The molecule has 7 heteroatoms. The SMILES string of the molecule is CN(CC(O)c1ccc(OC(=O)c2ccc(C#N)cc2)cc1)C(=O)OC(C)(C)C. The summed E-state index contributed by atoms with van der Waals surface area (Å²) in [7, 11) is 1.55. The Hall–Kier alpha value is -3.37. The highest BCUT2D eigenvalue weighted by Gasteiger charge is 2.22. The zero-order valence-electron chi connectivity index (χ0n) is 16.9. The first-order chi connectivity index (χ1) is 13.6. The van der Waals surface area contributed by atoms with Gasteiger partial charge in [-0.05, 0) is 62.7 Å². The quantitative estimate of drug-likeness (QED) is 0.611. The van der Waals surface area contributed by atoms with Gasteiger partial charge in [-0.1, -0.05) is 12.1 Å². The minimum absolute atomic E-state index is 0.0549. The van der Waals surface area contributed by atoms with E-state index in [0.29, 0.717) is 22.4 Å². The van der Waals surface area contributed by atoms with Gasteiger partial charge < -0.3 is 19.5 Å². The topological polar surface area (TPSA) is 99.9 Å². The number of nitriles is 1. The fourth-order valence-corrected chi connectivity index (χ4v) is 2.38. The number of aliphatic hydroxyl groups is 1. The second-order valence-electron chi connectivity index (χ2n) is 7.52.